The van der Waals surface area contributed by atoms with E-state index in [1.165, 1.54) is 51.7 Å². The van der Waals surface area contributed by atoms with E-state index in [0.717, 1.165) is 5.92 Å². The van der Waals surface area contributed by atoms with Crippen molar-refractivity contribution in [3.8, 4) is 0 Å². The highest BCUT2D eigenvalue weighted by Crippen LogP contribution is 2.29. The van der Waals surface area contributed by atoms with Crippen LogP contribution in [0.25, 0.3) is 0 Å². The molecule has 1 nitrogen and oxygen atoms in total. The van der Waals surface area contributed by atoms with E-state index in [-0.39, 0.29) is 0 Å². The number of likely N-dealkylation sites (tertiary alicyclic amines) is 1. The van der Waals surface area contributed by atoms with Crippen LogP contribution in [0.4, 0.5) is 0 Å². The summed E-state index contributed by atoms with van der Waals surface area (Å²) < 4.78 is 0. The summed E-state index contributed by atoms with van der Waals surface area (Å²) in [6, 6.07) is 0. The van der Waals surface area contributed by atoms with Gasteiger partial charge in [-0.2, -0.15) is 0 Å². The van der Waals surface area contributed by atoms with Crippen molar-refractivity contribution in [2.24, 2.45) is 16.7 Å². The van der Waals surface area contributed by atoms with Crippen LogP contribution in [0.5, 0.6) is 0 Å². The molecule has 0 saturated carbocycles. The van der Waals surface area contributed by atoms with E-state index in [0.29, 0.717) is 10.8 Å². The number of hydrogen-bond donors (Lipinski definition) is 0. The summed E-state index contributed by atoms with van der Waals surface area (Å²) in [7, 11) is 0. The van der Waals surface area contributed by atoms with Gasteiger partial charge in [0.2, 0.25) is 0 Å². The second kappa shape index (κ2) is 6.41. The molecule has 1 fully saturated rings. The summed E-state index contributed by atoms with van der Waals surface area (Å²) in [5, 5.41) is 0. The van der Waals surface area contributed by atoms with Gasteiger partial charge < -0.3 is 4.90 Å². The molecule has 108 valence electrons. The zero-order valence-corrected chi connectivity index (χ0v) is 13.7. The molecule has 0 radical (unpaired) electrons. The Morgan fingerprint density at radius 3 is 1.78 bits per heavy atom. The number of rotatable bonds is 4. The Balaban J connectivity index is 2.17. The summed E-state index contributed by atoms with van der Waals surface area (Å²) in [5.74, 6) is 0.995. The van der Waals surface area contributed by atoms with E-state index in [2.05, 4.69) is 46.4 Å². The Kier molecular flexibility index (Phi) is 5.70. The van der Waals surface area contributed by atoms with Gasteiger partial charge in [-0.15, -0.1) is 0 Å². The molecule has 1 heteroatoms. The van der Waals surface area contributed by atoms with Gasteiger partial charge in [0.15, 0.2) is 0 Å². The predicted molar refractivity (Wildman–Crippen MR) is 81.9 cm³/mol. The van der Waals surface area contributed by atoms with Crippen LogP contribution in [0.2, 0.25) is 0 Å². The first kappa shape index (κ1) is 16.0. The highest BCUT2D eigenvalue weighted by atomic mass is 15.1. The van der Waals surface area contributed by atoms with E-state index >= 15 is 0 Å². The lowest BCUT2D eigenvalue weighted by Gasteiger charge is -2.34. The summed E-state index contributed by atoms with van der Waals surface area (Å²) in [6.07, 6.45) is 7.02. The van der Waals surface area contributed by atoms with Gasteiger partial charge >= 0.3 is 0 Å². The second-order valence-electron chi connectivity index (χ2n) is 8.70. The van der Waals surface area contributed by atoms with Crippen molar-refractivity contribution in [3.63, 3.8) is 0 Å². The van der Waals surface area contributed by atoms with Crippen LogP contribution >= 0.6 is 0 Å². The normalized spacial score (nSPS) is 20.3. The largest absolute Gasteiger partial charge is 0.303 e. The van der Waals surface area contributed by atoms with Gasteiger partial charge in [0, 0.05) is 0 Å². The molecule has 18 heavy (non-hydrogen) atoms. The lowest BCUT2D eigenvalue weighted by atomic mass is 9.83. The van der Waals surface area contributed by atoms with Crippen molar-refractivity contribution < 1.29 is 0 Å². The molecule has 1 saturated heterocycles. The molecule has 0 amide bonds. The summed E-state index contributed by atoms with van der Waals surface area (Å²) in [6.45, 7) is 18.1. The lowest BCUT2D eigenvalue weighted by molar-refractivity contribution is 0.151. The first-order valence-electron chi connectivity index (χ1n) is 7.88. The van der Waals surface area contributed by atoms with Crippen molar-refractivity contribution in [1.29, 1.82) is 0 Å². The van der Waals surface area contributed by atoms with E-state index in [9.17, 15) is 0 Å². The van der Waals surface area contributed by atoms with Gasteiger partial charge in [-0.25, -0.2) is 0 Å². The first-order valence-corrected chi connectivity index (χ1v) is 7.88. The molecule has 0 aromatic rings. The van der Waals surface area contributed by atoms with E-state index < -0.39 is 0 Å². The Morgan fingerprint density at radius 1 is 0.833 bits per heavy atom. The third-order valence-electron chi connectivity index (χ3n) is 4.19. The van der Waals surface area contributed by atoms with Crippen molar-refractivity contribution in [1.82, 2.24) is 4.90 Å². The number of piperidine rings is 1. The Morgan fingerprint density at radius 2 is 1.33 bits per heavy atom. The first-order chi connectivity index (χ1) is 8.16. The third kappa shape index (κ3) is 7.41. The molecule has 1 rings (SSSR count). The Labute approximate surface area is 115 Å². The molecule has 0 bridgehead atoms. The quantitative estimate of drug-likeness (QED) is 0.684. The molecule has 0 aromatic heterocycles. The molecule has 1 aliphatic heterocycles. The van der Waals surface area contributed by atoms with Crippen LogP contribution in [-0.4, -0.2) is 24.5 Å². The molecule has 0 aliphatic carbocycles. The fourth-order valence-corrected chi connectivity index (χ4v) is 2.63. The van der Waals surface area contributed by atoms with Crippen molar-refractivity contribution in [3.05, 3.63) is 0 Å². The van der Waals surface area contributed by atoms with E-state index in [1.807, 2.05) is 0 Å². The molecular weight excluding hydrogens is 218 g/mol. The monoisotopic (exact) mass is 253 g/mol. The maximum Gasteiger partial charge on any atom is -0.00137 e. The summed E-state index contributed by atoms with van der Waals surface area (Å²) in [5.41, 5.74) is 1.01. The minimum absolute atomic E-state index is 0.489. The average Bonchev–Trinajstić information content (AvgIpc) is 2.23. The molecule has 0 unspecified atom stereocenters. The van der Waals surface area contributed by atoms with Gasteiger partial charge in [0.25, 0.3) is 0 Å². The molecule has 0 spiro atoms. The number of hydrogen-bond acceptors (Lipinski definition) is 1. The van der Waals surface area contributed by atoms with Crippen LogP contribution in [0.15, 0.2) is 0 Å². The molecule has 0 atom stereocenters. The second-order valence-corrected chi connectivity index (χ2v) is 8.70. The maximum absolute atomic E-state index is 2.68. The fourth-order valence-electron chi connectivity index (χ4n) is 2.63. The number of nitrogens with zero attached hydrogens (tertiary/aromatic N) is 1. The van der Waals surface area contributed by atoms with Crippen LogP contribution in [-0.2, 0) is 0 Å². The predicted octanol–water partition coefficient (Wildman–Crippen LogP) is 4.96. The molecule has 0 N–H and O–H groups in total. The molecule has 1 heterocycles. The van der Waals surface area contributed by atoms with Crippen molar-refractivity contribution >= 4 is 0 Å². The van der Waals surface area contributed by atoms with Crippen LogP contribution in [0, 0.1) is 16.7 Å². The Bertz CT molecular complexity index is 197. The zero-order chi connectivity index (χ0) is 13.8. The maximum atomic E-state index is 2.68. The van der Waals surface area contributed by atoms with E-state index in [1.54, 1.807) is 0 Å². The van der Waals surface area contributed by atoms with Gasteiger partial charge in [-0.1, -0.05) is 41.5 Å². The lowest BCUT2D eigenvalue weighted by Crippen LogP contribution is -2.35. The summed E-state index contributed by atoms with van der Waals surface area (Å²) in [4.78, 5) is 2.68. The van der Waals surface area contributed by atoms with Crippen LogP contribution in [0.1, 0.15) is 73.6 Å². The average molecular weight is 253 g/mol. The third-order valence-corrected chi connectivity index (χ3v) is 4.19. The van der Waals surface area contributed by atoms with E-state index in [4.69, 9.17) is 0 Å². The molecule has 0 aromatic carbocycles. The summed E-state index contributed by atoms with van der Waals surface area (Å²) >= 11 is 0. The highest BCUT2D eigenvalue weighted by molar-refractivity contribution is 4.75. The van der Waals surface area contributed by atoms with Gasteiger partial charge in [-0.3, -0.25) is 0 Å². The smallest absolute Gasteiger partial charge is 0.00137 e. The molecule has 1 aliphatic rings. The van der Waals surface area contributed by atoms with Gasteiger partial charge in [0.1, 0.15) is 0 Å². The molecular formula is C17H35N. The highest BCUT2D eigenvalue weighted by Gasteiger charge is 2.22. The fraction of sp³-hybridized carbons (Fsp3) is 1.00. The standard InChI is InChI=1S/C17H35N/c1-16(2,3)10-7-15-8-12-18(13-9-15)14-11-17(4,5)6/h15H,7-14H2,1-6H3. The van der Waals surface area contributed by atoms with Crippen molar-refractivity contribution in [2.45, 2.75) is 73.6 Å². The van der Waals surface area contributed by atoms with Crippen LogP contribution in [0.3, 0.4) is 0 Å². The minimum Gasteiger partial charge on any atom is -0.303 e. The van der Waals surface area contributed by atoms with Crippen LogP contribution < -0.4 is 0 Å². The van der Waals surface area contributed by atoms with Crippen molar-refractivity contribution in [2.75, 3.05) is 19.6 Å². The van der Waals surface area contributed by atoms with Gasteiger partial charge in [0.05, 0.1) is 0 Å². The van der Waals surface area contributed by atoms with Gasteiger partial charge in [-0.05, 0) is 68.5 Å². The SMILES string of the molecule is CC(C)(C)CCC1CCN(CCC(C)(C)C)CC1. The zero-order valence-electron chi connectivity index (χ0n) is 13.7. The topological polar surface area (TPSA) is 3.24 Å². The Hall–Kier alpha value is -0.0400. The minimum atomic E-state index is 0.489.